The normalized spacial score (nSPS) is 36.9. The highest BCUT2D eigenvalue weighted by Gasteiger charge is 2.23. The highest BCUT2D eigenvalue weighted by Crippen LogP contribution is 2.19. The monoisotopic (exact) mass is 128 g/mol. The van der Waals surface area contributed by atoms with Gasteiger partial charge in [0.1, 0.15) is 5.78 Å². The van der Waals surface area contributed by atoms with Gasteiger partial charge in [-0.1, -0.05) is 6.92 Å². The summed E-state index contributed by atoms with van der Waals surface area (Å²) in [5.41, 5.74) is 0. The van der Waals surface area contributed by atoms with Crippen molar-refractivity contribution in [3.8, 4) is 0 Å². The van der Waals surface area contributed by atoms with Gasteiger partial charge >= 0.3 is 0 Å². The van der Waals surface area contributed by atoms with Crippen molar-refractivity contribution in [2.75, 3.05) is 0 Å². The van der Waals surface area contributed by atoms with E-state index in [2.05, 4.69) is 0 Å². The zero-order valence-corrected chi connectivity index (χ0v) is 5.63. The van der Waals surface area contributed by atoms with Crippen molar-refractivity contribution in [2.45, 2.75) is 32.3 Å². The van der Waals surface area contributed by atoms with Crippen molar-refractivity contribution in [3.63, 3.8) is 0 Å². The van der Waals surface area contributed by atoms with Crippen molar-refractivity contribution in [1.29, 1.82) is 0 Å². The molecule has 0 amide bonds. The number of Topliss-reactive ketones (excluding diaryl/α,β-unsaturated/α-hetero) is 1. The third-order valence-corrected chi connectivity index (χ3v) is 1.92. The number of aliphatic hydroxyl groups is 1. The first kappa shape index (κ1) is 6.75. The van der Waals surface area contributed by atoms with Crippen LogP contribution in [0.3, 0.4) is 0 Å². The van der Waals surface area contributed by atoms with Crippen LogP contribution in [0.25, 0.3) is 0 Å². The molecule has 1 aliphatic carbocycles. The molecule has 9 heavy (non-hydrogen) atoms. The Labute approximate surface area is 54.9 Å². The summed E-state index contributed by atoms with van der Waals surface area (Å²) in [4.78, 5) is 10.8. The first-order chi connectivity index (χ1) is 4.20. The molecule has 1 saturated carbocycles. The lowest BCUT2D eigenvalue weighted by Gasteiger charge is -2.20. The Hall–Kier alpha value is -0.370. The molecule has 1 rings (SSSR count). The maximum atomic E-state index is 10.8. The van der Waals surface area contributed by atoms with Gasteiger partial charge in [-0.3, -0.25) is 4.79 Å². The molecule has 0 unspecified atom stereocenters. The fourth-order valence-corrected chi connectivity index (χ4v) is 1.14. The minimum Gasteiger partial charge on any atom is -0.393 e. The second kappa shape index (κ2) is 2.48. The lowest BCUT2D eigenvalue weighted by Crippen LogP contribution is -2.25. The minimum atomic E-state index is -0.353. The summed E-state index contributed by atoms with van der Waals surface area (Å²) in [7, 11) is 0. The van der Waals surface area contributed by atoms with Crippen molar-refractivity contribution in [2.24, 2.45) is 5.92 Å². The van der Waals surface area contributed by atoms with Gasteiger partial charge in [0.05, 0.1) is 6.10 Å². The molecule has 2 atom stereocenters. The number of ketones is 1. The second-order valence-electron chi connectivity index (χ2n) is 2.80. The molecule has 52 valence electrons. The first-order valence-electron chi connectivity index (χ1n) is 3.41. The lowest BCUT2D eigenvalue weighted by atomic mass is 9.88. The zero-order chi connectivity index (χ0) is 6.85. The fraction of sp³-hybridized carbons (Fsp3) is 0.857. The molecule has 2 nitrogen and oxygen atoms in total. The smallest absolute Gasteiger partial charge is 0.138 e. The molecule has 0 aromatic rings. The van der Waals surface area contributed by atoms with Gasteiger partial charge < -0.3 is 5.11 Å². The van der Waals surface area contributed by atoms with Crippen LogP contribution in [-0.4, -0.2) is 17.0 Å². The summed E-state index contributed by atoms with van der Waals surface area (Å²) >= 11 is 0. The van der Waals surface area contributed by atoms with Gasteiger partial charge in [-0.05, 0) is 12.8 Å². The largest absolute Gasteiger partial charge is 0.393 e. The van der Waals surface area contributed by atoms with Crippen LogP contribution < -0.4 is 0 Å². The van der Waals surface area contributed by atoms with Crippen molar-refractivity contribution in [1.82, 2.24) is 0 Å². The third-order valence-electron chi connectivity index (χ3n) is 1.92. The van der Waals surface area contributed by atoms with Crippen LogP contribution in [0, 0.1) is 5.92 Å². The highest BCUT2D eigenvalue weighted by molar-refractivity contribution is 5.81. The molecule has 1 N–H and O–H groups in total. The maximum Gasteiger partial charge on any atom is 0.138 e. The topological polar surface area (TPSA) is 37.3 Å². The van der Waals surface area contributed by atoms with Crippen LogP contribution >= 0.6 is 0 Å². The summed E-state index contributed by atoms with van der Waals surface area (Å²) < 4.78 is 0. The molecule has 0 aromatic heterocycles. The molecule has 1 fully saturated rings. The number of hydrogen-bond acceptors (Lipinski definition) is 2. The van der Waals surface area contributed by atoms with Gasteiger partial charge in [0.15, 0.2) is 0 Å². The Morgan fingerprint density at radius 1 is 1.56 bits per heavy atom. The maximum absolute atomic E-state index is 10.8. The molecule has 0 spiro atoms. The van der Waals surface area contributed by atoms with Crippen LogP contribution in [0.2, 0.25) is 0 Å². The van der Waals surface area contributed by atoms with E-state index in [1.807, 2.05) is 6.92 Å². The van der Waals surface area contributed by atoms with Gasteiger partial charge in [-0.15, -0.1) is 0 Å². The number of carbonyl (C=O) groups excluding carboxylic acids is 1. The van der Waals surface area contributed by atoms with Crippen molar-refractivity contribution in [3.05, 3.63) is 0 Å². The van der Waals surface area contributed by atoms with Crippen molar-refractivity contribution >= 4 is 5.78 Å². The van der Waals surface area contributed by atoms with E-state index in [1.54, 1.807) is 0 Å². The van der Waals surface area contributed by atoms with Gasteiger partial charge in [-0.25, -0.2) is 0 Å². The molecule has 0 radical (unpaired) electrons. The Morgan fingerprint density at radius 2 is 2.22 bits per heavy atom. The summed E-state index contributed by atoms with van der Waals surface area (Å²) in [5.74, 6) is 0.405. The lowest BCUT2D eigenvalue weighted by molar-refractivity contribution is -0.127. The van der Waals surface area contributed by atoms with E-state index in [4.69, 9.17) is 5.11 Å². The SMILES string of the molecule is C[C@@H]1CC[C@@H](O)CC1=O. The predicted molar refractivity (Wildman–Crippen MR) is 34.0 cm³/mol. The number of aliphatic hydroxyl groups excluding tert-OH is 1. The molecule has 1 aliphatic rings. The van der Waals surface area contributed by atoms with Crippen LogP contribution in [-0.2, 0) is 4.79 Å². The zero-order valence-electron chi connectivity index (χ0n) is 5.63. The van der Waals surface area contributed by atoms with Gasteiger partial charge in [-0.2, -0.15) is 0 Å². The molecule has 0 aliphatic heterocycles. The Morgan fingerprint density at radius 3 is 2.67 bits per heavy atom. The fourth-order valence-electron chi connectivity index (χ4n) is 1.14. The summed E-state index contributed by atoms with van der Waals surface area (Å²) in [6, 6.07) is 0. The van der Waals surface area contributed by atoms with E-state index in [0.717, 1.165) is 12.8 Å². The average molecular weight is 128 g/mol. The number of carbonyl (C=O) groups is 1. The van der Waals surface area contributed by atoms with Gasteiger partial charge in [0, 0.05) is 12.3 Å². The number of hydrogen-bond donors (Lipinski definition) is 1. The second-order valence-corrected chi connectivity index (χ2v) is 2.80. The molecule has 2 heteroatoms. The van der Waals surface area contributed by atoms with Crippen LogP contribution in [0.5, 0.6) is 0 Å². The first-order valence-corrected chi connectivity index (χ1v) is 3.41. The molecule has 0 aromatic carbocycles. The highest BCUT2D eigenvalue weighted by atomic mass is 16.3. The van der Waals surface area contributed by atoms with E-state index in [0.29, 0.717) is 6.42 Å². The van der Waals surface area contributed by atoms with Crippen LogP contribution in [0.1, 0.15) is 26.2 Å². The summed E-state index contributed by atoms with van der Waals surface area (Å²) in [5, 5.41) is 8.98. The Kier molecular flexibility index (Phi) is 1.86. The quantitative estimate of drug-likeness (QED) is 0.522. The molecule has 0 heterocycles. The predicted octanol–water partition coefficient (Wildman–Crippen LogP) is 0.736. The minimum absolute atomic E-state index is 0.188. The molecule has 0 bridgehead atoms. The van der Waals surface area contributed by atoms with Crippen LogP contribution in [0.4, 0.5) is 0 Å². The summed E-state index contributed by atoms with van der Waals surface area (Å²) in [6.45, 7) is 1.92. The Bertz CT molecular complexity index is 120. The molecule has 0 saturated heterocycles. The third kappa shape index (κ3) is 1.52. The molecular formula is C7H12O2. The van der Waals surface area contributed by atoms with Crippen LogP contribution in [0.15, 0.2) is 0 Å². The summed E-state index contributed by atoms with van der Waals surface area (Å²) in [6.07, 6.45) is 1.68. The van der Waals surface area contributed by atoms with E-state index < -0.39 is 0 Å². The van der Waals surface area contributed by atoms with E-state index in [1.165, 1.54) is 0 Å². The van der Waals surface area contributed by atoms with Crippen molar-refractivity contribution < 1.29 is 9.90 Å². The van der Waals surface area contributed by atoms with Gasteiger partial charge in [0.2, 0.25) is 0 Å². The molecular weight excluding hydrogens is 116 g/mol. The average Bonchev–Trinajstić information content (AvgIpc) is 1.80. The van der Waals surface area contributed by atoms with Gasteiger partial charge in [0.25, 0.3) is 0 Å². The van der Waals surface area contributed by atoms with E-state index in [9.17, 15) is 4.79 Å². The van der Waals surface area contributed by atoms with E-state index in [-0.39, 0.29) is 17.8 Å². The number of rotatable bonds is 0. The standard InChI is InChI=1S/C7H12O2/c1-5-2-3-6(8)4-7(5)9/h5-6,8H,2-4H2,1H3/t5-,6-/m1/s1. The van der Waals surface area contributed by atoms with E-state index >= 15 is 0 Å². The Balaban J connectivity index is 2.44.